The van der Waals surface area contributed by atoms with Gasteiger partial charge >= 0.3 is 7.60 Å². The highest BCUT2D eigenvalue weighted by atomic mass is 31.2. The number of nitrogens with two attached hydrogens (primary N) is 1. The maximum Gasteiger partial charge on any atom is 0.356 e. The molecule has 0 spiro atoms. The Kier molecular flexibility index (Phi) is 8.10. The second-order valence-corrected chi connectivity index (χ2v) is 9.57. The van der Waals surface area contributed by atoms with Gasteiger partial charge in [-0.3, -0.25) is 4.57 Å². The average Bonchev–Trinajstić information content (AvgIpc) is 3.28. The molecule has 1 unspecified atom stereocenters. The highest BCUT2D eigenvalue weighted by Crippen LogP contribution is 2.49. The minimum absolute atomic E-state index is 0.157. The summed E-state index contributed by atoms with van der Waals surface area (Å²) in [5.41, 5.74) is 8.27. The van der Waals surface area contributed by atoms with Gasteiger partial charge in [-0.25, -0.2) is 4.98 Å². The van der Waals surface area contributed by atoms with Gasteiger partial charge in [-0.1, -0.05) is 60.7 Å². The number of hydrogen-bond donors (Lipinski definition) is 2. The van der Waals surface area contributed by atoms with E-state index < -0.39 is 13.8 Å². The quantitative estimate of drug-likeness (QED) is 0.294. The van der Waals surface area contributed by atoms with Crippen molar-refractivity contribution in [1.82, 2.24) is 14.9 Å². The molecule has 0 amide bonds. The Bertz CT molecular complexity index is 1090. The predicted molar refractivity (Wildman–Crippen MR) is 127 cm³/mol. The van der Waals surface area contributed by atoms with Gasteiger partial charge in [-0.15, -0.1) is 0 Å². The largest absolute Gasteiger partial charge is 0.370 e. The van der Waals surface area contributed by atoms with E-state index in [0.717, 1.165) is 11.1 Å². The topological polar surface area (TPSA) is 122 Å². The Hall–Kier alpha value is -3.01. The van der Waals surface area contributed by atoms with Crippen LogP contribution in [0.25, 0.3) is 0 Å². The van der Waals surface area contributed by atoms with Gasteiger partial charge in [0.2, 0.25) is 0 Å². The van der Waals surface area contributed by atoms with Crippen LogP contribution in [0.5, 0.6) is 0 Å². The number of hydrogen-bond acceptors (Lipinski definition) is 9. The second-order valence-electron chi connectivity index (χ2n) is 7.57. The van der Waals surface area contributed by atoms with E-state index in [0.29, 0.717) is 18.1 Å². The Morgan fingerprint density at radius 2 is 1.65 bits per heavy atom. The Labute approximate surface area is 198 Å². The molecule has 0 saturated carbocycles. The van der Waals surface area contributed by atoms with Crippen LogP contribution in [0, 0.1) is 0 Å². The molecule has 2 aromatic carbocycles. The average molecular weight is 485 g/mol. The van der Waals surface area contributed by atoms with Gasteiger partial charge in [-0.05, 0) is 11.1 Å². The van der Waals surface area contributed by atoms with Gasteiger partial charge in [0.1, 0.15) is 12.0 Å². The van der Waals surface area contributed by atoms with Crippen molar-refractivity contribution < 1.29 is 23.1 Å². The number of guanidine groups is 1. The van der Waals surface area contributed by atoms with Crippen molar-refractivity contribution in [3.05, 3.63) is 83.8 Å². The van der Waals surface area contributed by atoms with Crippen molar-refractivity contribution >= 4 is 19.4 Å². The number of aromatic nitrogens is 2. The monoisotopic (exact) mass is 485 g/mol. The smallest absolute Gasteiger partial charge is 0.356 e. The van der Waals surface area contributed by atoms with E-state index in [2.05, 4.69) is 15.3 Å². The van der Waals surface area contributed by atoms with Crippen molar-refractivity contribution in [3.63, 3.8) is 0 Å². The van der Waals surface area contributed by atoms with Crippen LogP contribution in [0.15, 0.2) is 72.0 Å². The summed E-state index contributed by atoms with van der Waals surface area (Å²) in [6.45, 7) is 0.985. The van der Waals surface area contributed by atoms with E-state index in [9.17, 15) is 4.57 Å². The molecule has 180 valence electrons. The van der Waals surface area contributed by atoms with Crippen molar-refractivity contribution in [2.75, 3.05) is 20.1 Å². The lowest BCUT2D eigenvalue weighted by atomic mass is 10.2. The molecule has 1 aliphatic heterocycles. The van der Waals surface area contributed by atoms with Crippen LogP contribution in [0.2, 0.25) is 0 Å². The maximum absolute atomic E-state index is 13.4. The molecule has 11 heteroatoms. The molecular formula is C23H28N5O5P. The number of rotatable bonds is 12. The normalized spacial score (nSPS) is 15.4. The van der Waals surface area contributed by atoms with Crippen LogP contribution >= 0.6 is 7.60 Å². The van der Waals surface area contributed by atoms with Crippen LogP contribution in [-0.4, -0.2) is 35.6 Å². The third-order valence-corrected chi connectivity index (χ3v) is 6.64. The van der Waals surface area contributed by atoms with Crippen LogP contribution in [-0.2, 0) is 42.8 Å². The Morgan fingerprint density at radius 1 is 1.03 bits per heavy atom. The van der Waals surface area contributed by atoms with Gasteiger partial charge in [0.05, 0.1) is 26.1 Å². The zero-order valence-electron chi connectivity index (χ0n) is 18.9. The molecule has 3 aromatic rings. The van der Waals surface area contributed by atoms with Crippen molar-refractivity contribution in [3.8, 4) is 0 Å². The summed E-state index contributed by atoms with van der Waals surface area (Å²) >= 11 is 0. The Balaban J connectivity index is 1.36. The highest BCUT2D eigenvalue weighted by molar-refractivity contribution is 7.53. The summed E-state index contributed by atoms with van der Waals surface area (Å²) in [5, 5.41) is 2.91. The molecule has 4 rings (SSSR count). The van der Waals surface area contributed by atoms with Gasteiger partial charge < -0.3 is 34.1 Å². The SMILES string of the molecule is COC1NC(N)=Nc2c1ncn2CCOCP(=O)(OCc1ccccc1)OCc1ccccc1. The molecule has 1 aromatic heterocycles. The lowest BCUT2D eigenvalue weighted by Crippen LogP contribution is -2.38. The van der Waals surface area contributed by atoms with Crippen molar-refractivity contribution in [2.24, 2.45) is 10.7 Å². The van der Waals surface area contributed by atoms with E-state index in [1.807, 2.05) is 60.7 Å². The fourth-order valence-electron chi connectivity index (χ4n) is 3.33. The molecule has 0 radical (unpaired) electrons. The molecule has 0 aliphatic carbocycles. The second kappa shape index (κ2) is 11.4. The van der Waals surface area contributed by atoms with Gasteiger partial charge in [-0.2, -0.15) is 4.99 Å². The third kappa shape index (κ3) is 6.31. The predicted octanol–water partition coefficient (Wildman–Crippen LogP) is 3.68. The molecular weight excluding hydrogens is 457 g/mol. The van der Waals surface area contributed by atoms with Crippen LogP contribution in [0.1, 0.15) is 23.0 Å². The zero-order valence-corrected chi connectivity index (χ0v) is 19.8. The minimum atomic E-state index is -3.53. The van der Waals surface area contributed by atoms with Crippen LogP contribution < -0.4 is 11.1 Å². The molecule has 34 heavy (non-hydrogen) atoms. The third-order valence-electron chi connectivity index (χ3n) is 5.09. The number of aliphatic imine (C=N–C) groups is 1. The maximum atomic E-state index is 13.4. The Morgan fingerprint density at radius 3 is 2.24 bits per heavy atom. The molecule has 1 atom stereocenters. The molecule has 0 bridgehead atoms. The molecule has 0 fully saturated rings. The van der Waals surface area contributed by atoms with E-state index in [1.54, 1.807) is 18.0 Å². The first-order chi connectivity index (χ1) is 16.6. The fraction of sp³-hybridized carbons (Fsp3) is 0.304. The summed E-state index contributed by atoms with van der Waals surface area (Å²) in [5.74, 6) is 0.839. The first-order valence-corrected chi connectivity index (χ1v) is 12.5. The van der Waals surface area contributed by atoms with Crippen LogP contribution in [0.3, 0.4) is 0 Å². The van der Waals surface area contributed by atoms with E-state index in [-0.39, 0.29) is 32.1 Å². The van der Waals surface area contributed by atoms with Gasteiger partial charge in [0.15, 0.2) is 18.0 Å². The number of benzene rings is 2. The number of ether oxygens (including phenoxy) is 2. The number of nitrogens with zero attached hydrogens (tertiary/aromatic N) is 3. The lowest BCUT2D eigenvalue weighted by molar-refractivity contribution is 0.0863. The first kappa shape index (κ1) is 24.1. The minimum Gasteiger partial charge on any atom is -0.370 e. The molecule has 2 heterocycles. The molecule has 1 aliphatic rings. The number of imidazole rings is 1. The first-order valence-electron chi connectivity index (χ1n) is 10.8. The lowest BCUT2D eigenvalue weighted by Gasteiger charge is -2.21. The number of fused-ring (bicyclic) bond motifs is 1. The number of methoxy groups -OCH3 is 1. The summed E-state index contributed by atoms with van der Waals surface area (Å²) in [6, 6.07) is 19.0. The summed E-state index contributed by atoms with van der Waals surface area (Å²) in [6.07, 6.45) is 0.992. The van der Waals surface area contributed by atoms with E-state index in [1.165, 1.54) is 0 Å². The summed E-state index contributed by atoms with van der Waals surface area (Å²) in [4.78, 5) is 8.65. The van der Waals surface area contributed by atoms with Crippen molar-refractivity contribution in [2.45, 2.75) is 26.0 Å². The zero-order chi connectivity index (χ0) is 23.8. The van der Waals surface area contributed by atoms with Gasteiger partial charge in [0.25, 0.3) is 0 Å². The van der Waals surface area contributed by atoms with Crippen molar-refractivity contribution in [1.29, 1.82) is 0 Å². The van der Waals surface area contributed by atoms with E-state index >= 15 is 0 Å². The van der Waals surface area contributed by atoms with Crippen LogP contribution in [0.4, 0.5) is 5.82 Å². The van der Waals surface area contributed by atoms with Gasteiger partial charge in [0, 0.05) is 13.7 Å². The summed E-state index contributed by atoms with van der Waals surface area (Å²) in [7, 11) is -1.97. The molecule has 3 N–H and O–H groups in total. The molecule has 0 saturated heterocycles. The highest BCUT2D eigenvalue weighted by Gasteiger charge is 2.27. The molecule has 10 nitrogen and oxygen atoms in total. The summed E-state index contributed by atoms with van der Waals surface area (Å²) < 4.78 is 37.8. The number of nitrogens with one attached hydrogen (secondary N) is 1. The van der Waals surface area contributed by atoms with E-state index in [4.69, 9.17) is 24.3 Å². The standard InChI is InChI=1S/C23H28N5O5P/c1-30-22-20-21(26-23(24)27-22)28(16-25-20)12-13-31-17-34(29,32-14-18-8-4-2-5-9-18)33-15-19-10-6-3-7-11-19/h2-11,16,22H,12-15,17H2,1H3,(H3,24,26,27). The fourth-order valence-corrected chi connectivity index (χ4v) is 4.59.